The molecule has 0 aliphatic heterocycles. The van der Waals surface area contributed by atoms with Crippen LogP contribution in [0.15, 0.2) is 30.6 Å². The van der Waals surface area contributed by atoms with Crippen molar-refractivity contribution < 1.29 is 4.57 Å². The van der Waals surface area contributed by atoms with Gasteiger partial charge in [-0.2, -0.15) is 0 Å². The molecule has 2 aromatic rings. The number of rotatable bonds is 0. The van der Waals surface area contributed by atoms with Crippen molar-refractivity contribution in [2.75, 3.05) is 0 Å². The molecule has 0 aliphatic carbocycles. The highest BCUT2D eigenvalue weighted by atomic mass is 15.1. The Bertz CT molecular complexity index is 351. The van der Waals surface area contributed by atoms with Gasteiger partial charge in [0.2, 0.25) is 6.33 Å². The van der Waals surface area contributed by atoms with Crippen molar-refractivity contribution in [2.45, 2.75) is 0 Å². The second-order valence-corrected chi connectivity index (χ2v) is 2.83. The number of para-hydroxylation sites is 2. The van der Waals surface area contributed by atoms with Crippen LogP contribution in [-0.4, -0.2) is 4.57 Å². The third-order valence-corrected chi connectivity index (χ3v) is 1.99. The summed E-state index contributed by atoms with van der Waals surface area (Å²) in [7, 11) is 4.12. The molecule has 2 heteroatoms. The summed E-state index contributed by atoms with van der Waals surface area (Å²) >= 11 is 0. The van der Waals surface area contributed by atoms with E-state index in [1.54, 1.807) is 0 Å². The predicted octanol–water partition coefficient (Wildman–Crippen LogP) is 1.00. The molecule has 1 heterocycles. The fraction of sp³-hybridized carbons (Fsp3) is 0.222. The zero-order chi connectivity index (χ0) is 7.84. The lowest BCUT2D eigenvalue weighted by atomic mass is 10.3. The molecule has 0 fully saturated rings. The average molecular weight is 147 g/mol. The van der Waals surface area contributed by atoms with E-state index in [-0.39, 0.29) is 0 Å². The van der Waals surface area contributed by atoms with Crippen molar-refractivity contribution in [1.82, 2.24) is 4.57 Å². The second-order valence-electron chi connectivity index (χ2n) is 2.83. The number of aromatic nitrogens is 2. The maximum absolute atomic E-state index is 2.12. The lowest BCUT2D eigenvalue weighted by Gasteiger charge is -1.84. The smallest absolute Gasteiger partial charge is 0.233 e. The van der Waals surface area contributed by atoms with Crippen LogP contribution in [0, 0.1) is 0 Å². The largest absolute Gasteiger partial charge is 0.244 e. The van der Waals surface area contributed by atoms with Gasteiger partial charge in [0, 0.05) is 0 Å². The van der Waals surface area contributed by atoms with Crippen LogP contribution in [-0.2, 0) is 14.1 Å². The van der Waals surface area contributed by atoms with Crippen molar-refractivity contribution >= 4 is 11.0 Å². The van der Waals surface area contributed by atoms with Gasteiger partial charge in [0.15, 0.2) is 11.0 Å². The number of aryl methyl sites for hydroxylation is 2. The highest BCUT2D eigenvalue weighted by Crippen LogP contribution is 2.07. The van der Waals surface area contributed by atoms with E-state index in [0.29, 0.717) is 0 Å². The highest BCUT2D eigenvalue weighted by molar-refractivity contribution is 5.71. The van der Waals surface area contributed by atoms with Crippen LogP contribution in [0.2, 0.25) is 0 Å². The average Bonchev–Trinajstić information content (AvgIpc) is 2.30. The Hall–Kier alpha value is -1.31. The van der Waals surface area contributed by atoms with Crippen LogP contribution in [0.1, 0.15) is 0 Å². The van der Waals surface area contributed by atoms with E-state index in [2.05, 4.69) is 53.8 Å². The Morgan fingerprint density at radius 2 is 2.00 bits per heavy atom. The number of imidazole rings is 1. The van der Waals surface area contributed by atoms with E-state index >= 15 is 0 Å². The van der Waals surface area contributed by atoms with Crippen LogP contribution in [0.5, 0.6) is 0 Å². The van der Waals surface area contributed by atoms with Gasteiger partial charge >= 0.3 is 0 Å². The Balaban J connectivity index is 2.95. The van der Waals surface area contributed by atoms with Crippen molar-refractivity contribution in [1.29, 1.82) is 0 Å². The van der Waals surface area contributed by atoms with Crippen molar-refractivity contribution in [3.8, 4) is 0 Å². The van der Waals surface area contributed by atoms with Crippen molar-refractivity contribution in [3.05, 3.63) is 30.6 Å². The molecule has 2 rings (SSSR count). The summed E-state index contributed by atoms with van der Waals surface area (Å²) in [6.07, 6.45) is 2.07. The van der Waals surface area contributed by atoms with E-state index in [9.17, 15) is 0 Å². The molecule has 0 spiro atoms. The molecule has 0 N–H and O–H groups in total. The molecule has 11 heavy (non-hydrogen) atoms. The van der Waals surface area contributed by atoms with Crippen molar-refractivity contribution in [3.63, 3.8) is 0 Å². The standard InChI is InChI=1S/C9H11N2/c1-10-7-11(2)9-6-4-3-5-8(9)10/h3-7H,1-2H3/q+1. The third-order valence-electron chi connectivity index (χ3n) is 1.99. The maximum Gasteiger partial charge on any atom is 0.244 e. The molecule has 0 aliphatic rings. The Kier molecular flexibility index (Phi) is 1.22. The number of hydrogen-bond acceptors (Lipinski definition) is 0. The zero-order valence-corrected chi connectivity index (χ0v) is 6.78. The van der Waals surface area contributed by atoms with Gasteiger partial charge in [-0.1, -0.05) is 12.1 Å². The number of nitrogens with zero attached hydrogens (tertiary/aromatic N) is 2. The summed E-state index contributed by atoms with van der Waals surface area (Å²) in [6, 6.07) is 8.36. The van der Waals surface area contributed by atoms with Gasteiger partial charge in [-0.05, 0) is 12.1 Å². The summed E-state index contributed by atoms with van der Waals surface area (Å²) in [4.78, 5) is 0. The molecule has 56 valence electrons. The Morgan fingerprint density at radius 1 is 1.27 bits per heavy atom. The van der Waals surface area contributed by atoms with Gasteiger partial charge < -0.3 is 0 Å². The SMILES string of the molecule is Cn1c[n+](C)c2ccccc21. The van der Waals surface area contributed by atoms with Crippen LogP contribution >= 0.6 is 0 Å². The number of benzene rings is 1. The molecule has 1 aromatic heterocycles. The van der Waals surface area contributed by atoms with Gasteiger partial charge in [0.05, 0.1) is 14.1 Å². The molecule has 0 atom stereocenters. The fourth-order valence-corrected chi connectivity index (χ4v) is 1.44. The lowest BCUT2D eigenvalue weighted by Crippen LogP contribution is -2.25. The Morgan fingerprint density at radius 3 is 2.73 bits per heavy atom. The summed E-state index contributed by atoms with van der Waals surface area (Å²) in [5.41, 5.74) is 2.55. The minimum atomic E-state index is 1.27. The van der Waals surface area contributed by atoms with Crippen LogP contribution in [0.25, 0.3) is 11.0 Å². The first-order chi connectivity index (χ1) is 5.29. The van der Waals surface area contributed by atoms with E-state index < -0.39 is 0 Å². The molecule has 0 radical (unpaired) electrons. The summed E-state index contributed by atoms with van der Waals surface area (Å²) in [6.45, 7) is 0. The van der Waals surface area contributed by atoms with Gasteiger partial charge in [0.1, 0.15) is 0 Å². The van der Waals surface area contributed by atoms with Gasteiger partial charge in [-0.25, -0.2) is 9.13 Å². The first-order valence-electron chi connectivity index (χ1n) is 3.69. The summed E-state index contributed by atoms with van der Waals surface area (Å²) < 4.78 is 4.24. The quantitative estimate of drug-likeness (QED) is 0.492. The molecule has 0 saturated carbocycles. The van der Waals surface area contributed by atoms with Crippen LogP contribution in [0.3, 0.4) is 0 Å². The first kappa shape index (κ1) is 6.40. The molecular weight excluding hydrogens is 136 g/mol. The lowest BCUT2D eigenvalue weighted by molar-refractivity contribution is -0.645. The summed E-state index contributed by atoms with van der Waals surface area (Å²) in [5, 5.41) is 0. The highest BCUT2D eigenvalue weighted by Gasteiger charge is 2.06. The van der Waals surface area contributed by atoms with Gasteiger partial charge in [0.25, 0.3) is 0 Å². The van der Waals surface area contributed by atoms with E-state index in [1.807, 2.05) is 0 Å². The second kappa shape index (κ2) is 2.09. The third kappa shape index (κ3) is 0.827. The molecule has 0 amide bonds. The summed E-state index contributed by atoms with van der Waals surface area (Å²) in [5.74, 6) is 0. The predicted molar refractivity (Wildman–Crippen MR) is 44.1 cm³/mol. The van der Waals surface area contributed by atoms with E-state index in [1.165, 1.54) is 11.0 Å². The van der Waals surface area contributed by atoms with E-state index in [4.69, 9.17) is 0 Å². The fourth-order valence-electron chi connectivity index (χ4n) is 1.44. The van der Waals surface area contributed by atoms with Gasteiger partial charge in [-0.3, -0.25) is 0 Å². The molecular formula is C9H11N2+. The minimum absolute atomic E-state index is 1.27. The topological polar surface area (TPSA) is 8.81 Å². The minimum Gasteiger partial charge on any atom is -0.233 e. The molecule has 0 bridgehead atoms. The number of hydrogen-bond donors (Lipinski definition) is 0. The van der Waals surface area contributed by atoms with Gasteiger partial charge in [-0.15, -0.1) is 0 Å². The monoisotopic (exact) mass is 147 g/mol. The van der Waals surface area contributed by atoms with Crippen LogP contribution < -0.4 is 4.57 Å². The normalized spacial score (nSPS) is 10.7. The van der Waals surface area contributed by atoms with Crippen LogP contribution in [0.4, 0.5) is 0 Å². The molecule has 0 saturated heterocycles. The number of fused-ring (bicyclic) bond motifs is 1. The zero-order valence-electron chi connectivity index (χ0n) is 6.78. The van der Waals surface area contributed by atoms with Crippen molar-refractivity contribution in [2.24, 2.45) is 14.1 Å². The molecule has 2 nitrogen and oxygen atoms in total. The molecule has 0 unspecified atom stereocenters. The molecule has 1 aromatic carbocycles. The van der Waals surface area contributed by atoms with E-state index in [0.717, 1.165) is 0 Å². The Labute approximate surface area is 65.7 Å². The first-order valence-corrected chi connectivity index (χ1v) is 3.69. The maximum atomic E-state index is 2.12.